The first kappa shape index (κ1) is 23.3. The Bertz CT molecular complexity index is 951. The Morgan fingerprint density at radius 1 is 0.968 bits per heavy atom. The molecule has 7 heteroatoms. The molecule has 1 fully saturated rings. The second-order valence-electron chi connectivity index (χ2n) is 8.20. The Balaban J connectivity index is 1.44. The van der Waals surface area contributed by atoms with Crippen LogP contribution in [0.25, 0.3) is 0 Å². The summed E-state index contributed by atoms with van der Waals surface area (Å²) in [6.45, 7) is 0.506. The SMILES string of the molecule is CNS(=O)(=O)c1ccc(CCC(=O)NCc2ccc(N(C)C3CCCCC3)cc2)cc1. The monoisotopic (exact) mass is 443 g/mol. The van der Waals surface area contributed by atoms with Crippen molar-refractivity contribution in [3.8, 4) is 0 Å². The average molecular weight is 444 g/mol. The number of aryl methyl sites for hydroxylation is 1. The summed E-state index contributed by atoms with van der Waals surface area (Å²) in [5.41, 5.74) is 3.24. The van der Waals surface area contributed by atoms with Crippen molar-refractivity contribution in [3.63, 3.8) is 0 Å². The van der Waals surface area contributed by atoms with Gasteiger partial charge in [-0.1, -0.05) is 43.5 Å². The molecular weight excluding hydrogens is 410 g/mol. The smallest absolute Gasteiger partial charge is 0.240 e. The molecule has 2 aromatic rings. The first-order chi connectivity index (χ1) is 14.9. The minimum Gasteiger partial charge on any atom is -0.372 e. The molecule has 0 bridgehead atoms. The fraction of sp³-hybridized carbons (Fsp3) is 0.458. The number of nitrogens with zero attached hydrogens (tertiary/aromatic N) is 1. The Kier molecular flexibility index (Phi) is 8.09. The summed E-state index contributed by atoms with van der Waals surface area (Å²) >= 11 is 0. The van der Waals surface area contributed by atoms with Crippen molar-refractivity contribution >= 4 is 21.6 Å². The Labute approximate surface area is 186 Å². The third kappa shape index (κ3) is 6.55. The van der Waals surface area contributed by atoms with Crippen LogP contribution in [-0.4, -0.2) is 34.5 Å². The van der Waals surface area contributed by atoms with E-state index in [0.29, 0.717) is 25.4 Å². The van der Waals surface area contributed by atoms with Crippen LogP contribution >= 0.6 is 0 Å². The maximum Gasteiger partial charge on any atom is 0.240 e. The molecule has 0 spiro atoms. The first-order valence-corrected chi connectivity index (χ1v) is 12.5. The molecule has 2 aromatic carbocycles. The van der Waals surface area contributed by atoms with E-state index < -0.39 is 10.0 Å². The zero-order valence-electron chi connectivity index (χ0n) is 18.4. The highest BCUT2D eigenvalue weighted by Gasteiger charge is 2.18. The summed E-state index contributed by atoms with van der Waals surface area (Å²) in [5, 5.41) is 2.97. The summed E-state index contributed by atoms with van der Waals surface area (Å²) in [7, 11) is 0.126. The molecule has 3 rings (SSSR count). The maximum absolute atomic E-state index is 12.2. The van der Waals surface area contributed by atoms with Gasteiger partial charge in [0, 0.05) is 31.7 Å². The van der Waals surface area contributed by atoms with Gasteiger partial charge in [0.25, 0.3) is 0 Å². The fourth-order valence-corrected chi connectivity index (χ4v) is 4.76. The summed E-state index contributed by atoms with van der Waals surface area (Å²) < 4.78 is 25.8. The van der Waals surface area contributed by atoms with Crippen molar-refractivity contribution in [2.45, 2.75) is 62.4 Å². The van der Waals surface area contributed by atoms with E-state index >= 15 is 0 Å². The van der Waals surface area contributed by atoms with Gasteiger partial charge in [-0.3, -0.25) is 4.79 Å². The highest BCUT2D eigenvalue weighted by Crippen LogP contribution is 2.26. The molecule has 1 amide bonds. The van der Waals surface area contributed by atoms with Gasteiger partial charge in [-0.05, 0) is 61.7 Å². The normalized spacial score (nSPS) is 14.9. The number of carbonyl (C=O) groups excluding carboxylic acids is 1. The molecule has 0 aliphatic heterocycles. The highest BCUT2D eigenvalue weighted by atomic mass is 32.2. The molecule has 0 heterocycles. The molecule has 31 heavy (non-hydrogen) atoms. The van der Waals surface area contributed by atoms with Crippen molar-refractivity contribution in [3.05, 3.63) is 59.7 Å². The van der Waals surface area contributed by atoms with Crippen molar-refractivity contribution < 1.29 is 13.2 Å². The highest BCUT2D eigenvalue weighted by molar-refractivity contribution is 7.89. The van der Waals surface area contributed by atoms with Crippen molar-refractivity contribution in [1.29, 1.82) is 0 Å². The van der Waals surface area contributed by atoms with Gasteiger partial charge in [0.05, 0.1) is 4.90 Å². The number of nitrogens with one attached hydrogen (secondary N) is 2. The Morgan fingerprint density at radius 3 is 2.19 bits per heavy atom. The number of rotatable bonds is 9. The predicted molar refractivity (Wildman–Crippen MR) is 125 cm³/mol. The lowest BCUT2D eigenvalue weighted by Crippen LogP contribution is -2.33. The van der Waals surface area contributed by atoms with Crippen LogP contribution in [-0.2, 0) is 27.8 Å². The van der Waals surface area contributed by atoms with E-state index in [1.54, 1.807) is 24.3 Å². The number of hydrogen-bond acceptors (Lipinski definition) is 4. The van der Waals surface area contributed by atoms with E-state index in [9.17, 15) is 13.2 Å². The second-order valence-corrected chi connectivity index (χ2v) is 10.1. The van der Waals surface area contributed by atoms with Crippen LogP contribution in [0.3, 0.4) is 0 Å². The molecular formula is C24H33N3O3S. The minimum atomic E-state index is -3.43. The first-order valence-electron chi connectivity index (χ1n) is 11.0. The number of anilines is 1. The maximum atomic E-state index is 12.2. The number of benzene rings is 2. The van der Waals surface area contributed by atoms with Crippen LogP contribution < -0.4 is 14.9 Å². The van der Waals surface area contributed by atoms with Crippen LogP contribution in [0.4, 0.5) is 5.69 Å². The zero-order valence-corrected chi connectivity index (χ0v) is 19.2. The van der Waals surface area contributed by atoms with Gasteiger partial charge in [-0.2, -0.15) is 0 Å². The predicted octanol–water partition coefficient (Wildman–Crippen LogP) is 3.61. The zero-order chi connectivity index (χ0) is 22.3. The second kappa shape index (κ2) is 10.8. The van der Waals surface area contributed by atoms with Gasteiger partial charge >= 0.3 is 0 Å². The fourth-order valence-electron chi connectivity index (χ4n) is 4.03. The van der Waals surface area contributed by atoms with Crippen molar-refractivity contribution in [2.75, 3.05) is 19.0 Å². The molecule has 0 aromatic heterocycles. The van der Waals surface area contributed by atoms with Gasteiger partial charge in [0.2, 0.25) is 15.9 Å². The molecule has 0 atom stereocenters. The molecule has 6 nitrogen and oxygen atoms in total. The van der Waals surface area contributed by atoms with Crippen LogP contribution in [0.2, 0.25) is 0 Å². The Hall–Kier alpha value is -2.38. The molecule has 1 aliphatic carbocycles. The summed E-state index contributed by atoms with van der Waals surface area (Å²) in [6.07, 6.45) is 7.45. The van der Waals surface area contributed by atoms with Gasteiger partial charge in [0.1, 0.15) is 0 Å². The number of hydrogen-bond donors (Lipinski definition) is 2. The van der Waals surface area contributed by atoms with Gasteiger partial charge in [-0.25, -0.2) is 13.1 Å². The minimum absolute atomic E-state index is 0.0182. The van der Waals surface area contributed by atoms with Crippen LogP contribution in [0.1, 0.15) is 49.7 Å². The number of amides is 1. The van der Waals surface area contributed by atoms with E-state index in [0.717, 1.165) is 11.1 Å². The van der Waals surface area contributed by atoms with E-state index in [4.69, 9.17) is 0 Å². The van der Waals surface area contributed by atoms with Gasteiger partial charge < -0.3 is 10.2 Å². The lowest BCUT2D eigenvalue weighted by atomic mass is 9.94. The quantitative estimate of drug-likeness (QED) is 0.621. The van der Waals surface area contributed by atoms with Crippen LogP contribution in [0.15, 0.2) is 53.4 Å². The standard InChI is InChI=1S/C24H33N3O3S/c1-25-31(29,30)23-15-10-19(11-16-23)12-17-24(28)26-18-20-8-13-22(14-9-20)27(2)21-6-4-3-5-7-21/h8-11,13-16,21,25H,3-7,12,17-18H2,1-2H3,(H,26,28). The van der Waals surface area contributed by atoms with Crippen LogP contribution in [0, 0.1) is 0 Å². The number of sulfonamides is 1. The van der Waals surface area contributed by atoms with Gasteiger partial charge in [-0.15, -0.1) is 0 Å². The topological polar surface area (TPSA) is 78.5 Å². The van der Waals surface area contributed by atoms with E-state index in [2.05, 4.69) is 46.3 Å². The lowest BCUT2D eigenvalue weighted by Gasteiger charge is -2.33. The molecule has 1 saturated carbocycles. The summed E-state index contributed by atoms with van der Waals surface area (Å²) in [5.74, 6) is -0.0182. The van der Waals surface area contributed by atoms with Crippen molar-refractivity contribution in [1.82, 2.24) is 10.0 Å². The van der Waals surface area contributed by atoms with Crippen LogP contribution in [0.5, 0.6) is 0 Å². The van der Waals surface area contributed by atoms with E-state index in [1.165, 1.54) is 44.8 Å². The Morgan fingerprint density at radius 2 is 1.58 bits per heavy atom. The largest absolute Gasteiger partial charge is 0.372 e. The van der Waals surface area contributed by atoms with E-state index in [-0.39, 0.29) is 10.8 Å². The molecule has 1 aliphatic rings. The van der Waals surface area contributed by atoms with E-state index in [1.807, 2.05) is 0 Å². The third-order valence-electron chi connectivity index (χ3n) is 6.10. The molecule has 0 radical (unpaired) electrons. The molecule has 168 valence electrons. The summed E-state index contributed by atoms with van der Waals surface area (Å²) in [6, 6.07) is 15.7. The molecule has 2 N–H and O–H groups in total. The molecule has 0 unspecified atom stereocenters. The number of carbonyl (C=O) groups is 1. The average Bonchev–Trinajstić information content (AvgIpc) is 2.82. The molecule has 0 saturated heterocycles. The van der Waals surface area contributed by atoms with Gasteiger partial charge in [0.15, 0.2) is 0 Å². The third-order valence-corrected chi connectivity index (χ3v) is 7.53. The lowest BCUT2D eigenvalue weighted by molar-refractivity contribution is -0.121. The van der Waals surface area contributed by atoms with Crippen molar-refractivity contribution in [2.24, 2.45) is 0 Å². The summed E-state index contributed by atoms with van der Waals surface area (Å²) in [4.78, 5) is 14.8.